The molecule has 0 saturated carbocycles. The number of carbonyl (C=O) groups excluding carboxylic acids is 1. The lowest BCUT2D eigenvalue weighted by Gasteiger charge is -2.03. The van der Waals surface area contributed by atoms with Gasteiger partial charge in [-0.1, -0.05) is 71.1 Å². The van der Waals surface area contributed by atoms with Crippen molar-refractivity contribution >= 4 is 5.97 Å². The third kappa shape index (κ3) is 33.6. The molecule has 0 saturated heterocycles. The normalized spacial score (nSPS) is 9.79. The first-order chi connectivity index (χ1) is 11.2. The van der Waals surface area contributed by atoms with Gasteiger partial charge in [-0.25, -0.2) is 0 Å². The van der Waals surface area contributed by atoms with Gasteiger partial charge in [0.2, 0.25) is 24.0 Å². The van der Waals surface area contributed by atoms with E-state index in [1.807, 2.05) is 0 Å². The van der Waals surface area contributed by atoms with Crippen LogP contribution in [0.3, 0.4) is 0 Å². The number of rotatable bonds is 16. The smallest absolute Gasteiger partial charge is 0.235 e. The second-order valence-electron chi connectivity index (χ2n) is 5.85. The van der Waals surface area contributed by atoms with Gasteiger partial charge in [-0.15, -0.1) is 0 Å². The maximum absolute atomic E-state index is 10.1. The van der Waals surface area contributed by atoms with Crippen LogP contribution in [-0.4, -0.2) is 42.5 Å². The highest BCUT2D eigenvalue weighted by Crippen LogP contribution is 2.11. The summed E-state index contributed by atoms with van der Waals surface area (Å²) in [6.45, 7) is 3.66. The van der Waals surface area contributed by atoms with E-state index in [9.17, 15) is 9.90 Å². The Balaban J connectivity index is -0.000000468. The van der Waals surface area contributed by atoms with E-state index >= 15 is 0 Å². The van der Waals surface area contributed by atoms with Gasteiger partial charge in [-0.2, -0.15) is 0 Å². The monoisotopic (exact) mass is 461 g/mol. The maximum Gasteiger partial charge on any atom is 0.235 e. The summed E-state index contributed by atoms with van der Waals surface area (Å²) < 4.78 is 0. The van der Waals surface area contributed by atoms with E-state index < -0.39 is 5.97 Å². The largest absolute Gasteiger partial charge is 0.550 e. The molecule has 0 aliphatic rings. The third-order valence-corrected chi connectivity index (χ3v) is 3.56. The molecule has 148 valence electrons. The number of halogens is 1. The van der Waals surface area contributed by atoms with Gasteiger partial charge in [0.05, 0.1) is 13.2 Å². The van der Waals surface area contributed by atoms with Crippen molar-refractivity contribution in [3.05, 3.63) is 0 Å². The molecule has 0 aromatic rings. The molecule has 0 aromatic carbocycles. The van der Waals surface area contributed by atoms with Gasteiger partial charge >= 0.3 is 0 Å². The number of carboxylic acid groups (broad SMARTS) is 1. The molecule has 5 nitrogen and oxygen atoms in total. The molecule has 0 aliphatic carbocycles. The minimum absolute atomic E-state index is 0. The SMILES string of the molecule is CCCCCCCCCCCCCC(=O)[O-].OCCNCCO.[IH2+]. The van der Waals surface area contributed by atoms with Crippen molar-refractivity contribution in [3.63, 3.8) is 0 Å². The van der Waals surface area contributed by atoms with Crippen molar-refractivity contribution in [1.82, 2.24) is 5.32 Å². The molecule has 0 aliphatic heterocycles. The molecule has 0 rings (SSSR count). The molecule has 0 bridgehead atoms. The van der Waals surface area contributed by atoms with Gasteiger partial charge in [-0.05, 0) is 12.8 Å². The predicted octanol–water partition coefficient (Wildman–Crippen LogP) is -1.53. The Morgan fingerprint density at radius 2 is 1.17 bits per heavy atom. The minimum atomic E-state index is -0.907. The molecule has 0 amide bonds. The highest BCUT2D eigenvalue weighted by molar-refractivity contribution is 5.63. The molecule has 3 N–H and O–H groups in total. The van der Waals surface area contributed by atoms with Crippen LogP contribution in [0, 0.1) is 0 Å². The second kappa shape index (κ2) is 27.9. The molecule has 0 heterocycles. The van der Waals surface area contributed by atoms with Crippen molar-refractivity contribution in [2.75, 3.05) is 26.3 Å². The molecule has 6 heteroatoms. The lowest BCUT2D eigenvalue weighted by molar-refractivity contribution is -0.305. The van der Waals surface area contributed by atoms with Gasteiger partial charge in [0, 0.05) is 19.1 Å². The van der Waals surface area contributed by atoms with E-state index in [2.05, 4.69) is 12.2 Å². The zero-order valence-electron chi connectivity index (χ0n) is 15.5. The van der Waals surface area contributed by atoms with Crippen LogP contribution in [-0.2, 0) is 4.79 Å². The first kappa shape index (κ1) is 28.9. The van der Waals surface area contributed by atoms with Crippen LogP contribution in [0.25, 0.3) is 0 Å². The Hall–Kier alpha value is 0.0800. The molecule has 0 unspecified atom stereocenters. The highest BCUT2D eigenvalue weighted by atomic mass is 127. The summed E-state index contributed by atoms with van der Waals surface area (Å²) in [6, 6.07) is 0. The maximum atomic E-state index is 10.1. The summed E-state index contributed by atoms with van der Waals surface area (Å²) >= 11 is 0. The van der Waals surface area contributed by atoms with E-state index in [4.69, 9.17) is 10.2 Å². The number of nitrogens with one attached hydrogen (secondary N) is 1. The fourth-order valence-electron chi connectivity index (χ4n) is 2.22. The van der Waals surface area contributed by atoms with Crippen LogP contribution in [0.2, 0.25) is 0 Å². The van der Waals surface area contributed by atoms with Gasteiger partial charge in [0.25, 0.3) is 0 Å². The van der Waals surface area contributed by atoms with Gasteiger partial charge in [0.15, 0.2) is 0 Å². The number of aliphatic hydroxyl groups is 2. The highest BCUT2D eigenvalue weighted by Gasteiger charge is 1.93. The Labute approximate surface area is 165 Å². The summed E-state index contributed by atoms with van der Waals surface area (Å²) in [6.07, 6.45) is 14.0. The van der Waals surface area contributed by atoms with Crippen LogP contribution < -0.4 is 34.4 Å². The first-order valence-corrected chi connectivity index (χ1v) is 9.31. The van der Waals surface area contributed by atoms with E-state index in [0.29, 0.717) is 13.1 Å². The summed E-state index contributed by atoms with van der Waals surface area (Å²) in [5.41, 5.74) is 0. The summed E-state index contributed by atoms with van der Waals surface area (Å²) in [7, 11) is 0. The predicted molar refractivity (Wildman–Crippen MR) is 95.9 cm³/mol. The number of hydrogen-bond acceptors (Lipinski definition) is 5. The minimum Gasteiger partial charge on any atom is -0.550 e. The lowest BCUT2D eigenvalue weighted by atomic mass is 10.1. The molecule has 0 atom stereocenters. The van der Waals surface area contributed by atoms with Crippen molar-refractivity contribution < 1.29 is 44.1 Å². The number of aliphatic hydroxyl groups excluding tert-OH is 2. The quantitative estimate of drug-likeness (QED) is 0.192. The third-order valence-electron chi connectivity index (χ3n) is 3.56. The number of hydrogen-bond donors (Lipinski definition) is 3. The van der Waals surface area contributed by atoms with Gasteiger partial charge in [0.1, 0.15) is 0 Å². The van der Waals surface area contributed by atoms with Crippen molar-refractivity contribution in [1.29, 1.82) is 0 Å². The Morgan fingerprint density at radius 1 is 0.792 bits per heavy atom. The van der Waals surface area contributed by atoms with Crippen molar-refractivity contribution in [3.8, 4) is 0 Å². The topological polar surface area (TPSA) is 92.6 Å². The Morgan fingerprint density at radius 3 is 1.50 bits per heavy atom. The molecule has 0 fully saturated rings. The number of aliphatic carboxylic acids is 1. The zero-order valence-corrected chi connectivity index (χ0v) is 18.0. The van der Waals surface area contributed by atoms with E-state index in [1.165, 1.54) is 57.8 Å². The lowest BCUT2D eigenvalue weighted by Crippen LogP contribution is -3.00. The summed E-state index contributed by atoms with van der Waals surface area (Å²) in [4.78, 5) is 10.1. The first-order valence-electron chi connectivity index (χ1n) is 9.31. The van der Waals surface area contributed by atoms with Crippen LogP contribution in [0.15, 0.2) is 0 Å². The van der Waals surface area contributed by atoms with Crippen LogP contribution >= 0.6 is 0 Å². The van der Waals surface area contributed by atoms with Crippen molar-refractivity contribution in [2.24, 2.45) is 0 Å². The Bertz CT molecular complexity index is 227. The molecular weight excluding hydrogens is 421 g/mol. The standard InChI is InChI=1S/C14H28O2.C4H11NO2.H2I/c1-2-3-4-5-6-7-8-9-10-11-12-13-14(15)16;6-3-1-5-2-4-7;/h2-13H2,1H3,(H,15,16);5-7H,1-4H2;1H2/q;;+1/p-1. The second-order valence-corrected chi connectivity index (χ2v) is 5.85. The average molecular weight is 461 g/mol. The zero-order chi connectivity index (χ0) is 17.6. The Kier molecular flexibility index (Phi) is 33.6. The number of unbranched alkanes of at least 4 members (excludes halogenated alkanes) is 10. The van der Waals surface area contributed by atoms with E-state index in [0.717, 1.165) is 12.8 Å². The van der Waals surface area contributed by atoms with E-state index in [-0.39, 0.29) is 43.6 Å². The van der Waals surface area contributed by atoms with Crippen LogP contribution in [0.4, 0.5) is 0 Å². The van der Waals surface area contributed by atoms with Gasteiger partial charge in [-0.3, -0.25) is 0 Å². The van der Waals surface area contributed by atoms with E-state index in [1.54, 1.807) is 0 Å². The molecule has 24 heavy (non-hydrogen) atoms. The molecule has 0 spiro atoms. The summed E-state index contributed by atoms with van der Waals surface area (Å²) in [5.74, 6) is -0.907. The molecular formula is C18H40INO4. The average Bonchev–Trinajstić information content (AvgIpc) is 2.53. The van der Waals surface area contributed by atoms with Crippen LogP contribution in [0.1, 0.15) is 84.0 Å². The number of carboxylic acids is 1. The fraction of sp³-hybridized carbons (Fsp3) is 0.944. The summed E-state index contributed by atoms with van der Waals surface area (Å²) in [5, 5.41) is 29.2. The van der Waals surface area contributed by atoms with Crippen molar-refractivity contribution in [2.45, 2.75) is 84.0 Å². The molecule has 0 aromatic heterocycles. The fourth-order valence-corrected chi connectivity index (χ4v) is 2.22. The number of carbonyl (C=O) groups is 1. The van der Waals surface area contributed by atoms with Gasteiger partial charge < -0.3 is 25.4 Å². The van der Waals surface area contributed by atoms with Crippen LogP contribution in [0.5, 0.6) is 0 Å². The molecule has 0 radical (unpaired) electrons.